The lowest BCUT2D eigenvalue weighted by molar-refractivity contribution is -0.153. The van der Waals surface area contributed by atoms with E-state index >= 15 is 0 Å². The minimum Gasteiger partial charge on any atom is -0.494 e. The first kappa shape index (κ1) is 14.3. The summed E-state index contributed by atoms with van der Waals surface area (Å²) in [6, 6.07) is 3.87. The molecule has 1 aliphatic rings. The minimum atomic E-state index is -0.898. The summed E-state index contributed by atoms with van der Waals surface area (Å²) in [7, 11) is 1.34. The Morgan fingerprint density at radius 2 is 2.15 bits per heavy atom. The monoisotopic (exact) mass is 281 g/mol. The molecule has 0 saturated heterocycles. The second-order valence-corrected chi connectivity index (χ2v) is 4.97. The van der Waals surface area contributed by atoms with E-state index in [1.54, 1.807) is 0 Å². The van der Waals surface area contributed by atoms with Gasteiger partial charge < -0.3 is 15.2 Å². The van der Waals surface area contributed by atoms with Crippen LogP contribution in [0.1, 0.15) is 29.6 Å². The summed E-state index contributed by atoms with van der Waals surface area (Å²) in [5.74, 6) is -1.96. The van der Waals surface area contributed by atoms with Crippen molar-refractivity contribution in [1.82, 2.24) is 5.32 Å². The van der Waals surface area contributed by atoms with Crippen molar-refractivity contribution in [2.45, 2.75) is 19.3 Å². The number of nitrogens with one attached hydrogen (secondary N) is 1. The molecule has 108 valence electrons. The Hall–Kier alpha value is -2.11. The van der Waals surface area contributed by atoms with Crippen molar-refractivity contribution in [3.05, 3.63) is 29.6 Å². The molecule has 2 rings (SSSR count). The Kier molecular flexibility index (Phi) is 3.92. The van der Waals surface area contributed by atoms with E-state index < -0.39 is 23.1 Å². The second kappa shape index (κ2) is 5.48. The molecule has 2 N–H and O–H groups in total. The average Bonchev–Trinajstić information content (AvgIpc) is 2.36. The van der Waals surface area contributed by atoms with Gasteiger partial charge in [-0.2, -0.15) is 0 Å². The number of carboxylic acid groups (broad SMARTS) is 1. The Labute approximate surface area is 115 Å². The highest BCUT2D eigenvalue weighted by atomic mass is 19.1. The van der Waals surface area contributed by atoms with E-state index in [4.69, 9.17) is 9.84 Å². The molecule has 1 aliphatic carbocycles. The Morgan fingerprint density at radius 3 is 2.60 bits per heavy atom. The molecule has 0 bridgehead atoms. The van der Waals surface area contributed by atoms with Crippen LogP contribution in [-0.4, -0.2) is 30.6 Å². The molecular formula is C14H16FNO4. The fourth-order valence-corrected chi connectivity index (χ4v) is 2.23. The molecule has 6 heteroatoms. The van der Waals surface area contributed by atoms with E-state index in [1.165, 1.54) is 19.2 Å². The second-order valence-electron chi connectivity index (χ2n) is 4.97. The number of carboxylic acids is 1. The topological polar surface area (TPSA) is 75.6 Å². The number of carbonyl (C=O) groups is 2. The van der Waals surface area contributed by atoms with E-state index in [0.717, 1.165) is 12.5 Å². The maximum atomic E-state index is 13.5. The van der Waals surface area contributed by atoms with Gasteiger partial charge in [-0.05, 0) is 31.0 Å². The van der Waals surface area contributed by atoms with Crippen molar-refractivity contribution < 1.29 is 23.8 Å². The van der Waals surface area contributed by atoms with Gasteiger partial charge >= 0.3 is 5.97 Å². The summed E-state index contributed by atoms with van der Waals surface area (Å²) in [6.07, 6.45) is 1.96. The molecule has 20 heavy (non-hydrogen) atoms. The summed E-state index contributed by atoms with van der Waals surface area (Å²) in [6.45, 7) is 0.0643. The molecule has 1 aromatic carbocycles. The standard InChI is InChI=1S/C14H16FNO4/c1-20-11-4-3-9(7-10(11)15)12(17)16-8-14(13(18)19)5-2-6-14/h3-4,7H,2,5-6,8H2,1H3,(H,16,17)(H,18,19). The maximum Gasteiger partial charge on any atom is 0.311 e. The number of hydrogen-bond acceptors (Lipinski definition) is 3. The highest BCUT2D eigenvalue weighted by Gasteiger charge is 2.44. The van der Waals surface area contributed by atoms with Gasteiger partial charge in [0.05, 0.1) is 12.5 Å². The molecule has 0 radical (unpaired) electrons. The van der Waals surface area contributed by atoms with Crippen molar-refractivity contribution in [2.24, 2.45) is 5.41 Å². The van der Waals surface area contributed by atoms with Crippen LogP contribution in [0.25, 0.3) is 0 Å². The lowest BCUT2D eigenvalue weighted by atomic mass is 9.69. The summed E-state index contributed by atoms with van der Waals surface area (Å²) < 4.78 is 18.3. The molecule has 5 nitrogen and oxygen atoms in total. The number of halogens is 1. The molecular weight excluding hydrogens is 265 g/mol. The highest BCUT2D eigenvalue weighted by molar-refractivity contribution is 5.94. The smallest absolute Gasteiger partial charge is 0.311 e. The van der Waals surface area contributed by atoms with E-state index in [9.17, 15) is 14.0 Å². The number of amides is 1. The SMILES string of the molecule is COc1ccc(C(=O)NCC2(C(=O)O)CCC2)cc1F. The Balaban J connectivity index is 2.02. The van der Waals surface area contributed by atoms with Crippen molar-refractivity contribution in [3.8, 4) is 5.75 Å². The quantitative estimate of drug-likeness (QED) is 0.863. The Morgan fingerprint density at radius 1 is 1.45 bits per heavy atom. The molecule has 1 saturated carbocycles. The third-order valence-corrected chi connectivity index (χ3v) is 3.77. The van der Waals surface area contributed by atoms with Crippen LogP contribution in [0.3, 0.4) is 0 Å². The van der Waals surface area contributed by atoms with E-state index in [0.29, 0.717) is 12.8 Å². The summed E-state index contributed by atoms with van der Waals surface area (Å²) >= 11 is 0. The number of carbonyl (C=O) groups excluding carboxylic acids is 1. The van der Waals surface area contributed by atoms with Crippen LogP contribution < -0.4 is 10.1 Å². The van der Waals surface area contributed by atoms with Crippen molar-refractivity contribution in [2.75, 3.05) is 13.7 Å². The molecule has 0 aromatic heterocycles. The van der Waals surface area contributed by atoms with Gasteiger partial charge in [-0.3, -0.25) is 9.59 Å². The fourth-order valence-electron chi connectivity index (χ4n) is 2.23. The molecule has 0 atom stereocenters. The fraction of sp³-hybridized carbons (Fsp3) is 0.429. The van der Waals surface area contributed by atoms with Crippen molar-refractivity contribution in [3.63, 3.8) is 0 Å². The van der Waals surface area contributed by atoms with E-state index in [-0.39, 0.29) is 17.9 Å². The van der Waals surface area contributed by atoms with Crippen molar-refractivity contribution >= 4 is 11.9 Å². The first-order chi connectivity index (χ1) is 9.48. The first-order valence-corrected chi connectivity index (χ1v) is 6.34. The van der Waals surface area contributed by atoms with Crippen LogP contribution in [0.2, 0.25) is 0 Å². The van der Waals surface area contributed by atoms with Crippen LogP contribution in [0, 0.1) is 11.2 Å². The van der Waals surface area contributed by atoms with Crippen LogP contribution in [0.5, 0.6) is 5.75 Å². The number of hydrogen-bond donors (Lipinski definition) is 2. The molecule has 1 aromatic rings. The summed E-state index contributed by atoms with van der Waals surface area (Å²) in [4.78, 5) is 23.1. The largest absolute Gasteiger partial charge is 0.494 e. The molecule has 0 aliphatic heterocycles. The predicted molar refractivity (Wildman–Crippen MR) is 69.2 cm³/mol. The van der Waals surface area contributed by atoms with Gasteiger partial charge in [0, 0.05) is 12.1 Å². The lowest BCUT2D eigenvalue weighted by Crippen LogP contribution is -2.47. The van der Waals surface area contributed by atoms with Gasteiger partial charge in [-0.25, -0.2) is 4.39 Å². The zero-order chi connectivity index (χ0) is 14.8. The van der Waals surface area contributed by atoms with Crippen molar-refractivity contribution in [1.29, 1.82) is 0 Å². The molecule has 0 heterocycles. The molecule has 1 amide bonds. The molecule has 1 fully saturated rings. The Bertz CT molecular complexity index is 540. The third-order valence-electron chi connectivity index (χ3n) is 3.77. The predicted octanol–water partition coefficient (Wildman–Crippen LogP) is 1.82. The van der Waals surface area contributed by atoms with Gasteiger partial charge in [-0.15, -0.1) is 0 Å². The normalized spacial score (nSPS) is 16.1. The minimum absolute atomic E-state index is 0.0579. The van der Waals surface area contributed by atoms with Crippen LogP contribution in [-0.2, 0) is 4.79 Å². The third kappa shape index (κ3) is 2.59. The van der Waals surface area contributed by atoms with Gasteiger partial charge in [0.25, 0.3) is 5.91 Å². The molecule has 0 unspecified atom stereocenters. The zero-order valence-corrected chi connectivity index (χ0v) is 11.1. The summed E-state index contributed by atoms with van der Waals surface area (Å²) in [5.41, 5.74) is -0.719. The maximum absolute atomic E-state index is 13.5. The zero-order valence-electron chi connectivity index (χ0n) is 11.1. The number of ether oxygens (including phenoxy) is 1. The number of methoxy groups -OCH3 is 1. The van der Waals surface area contributed by atoms with E-state index in [2.05, 4.69) is 5.32 Å². The highest BCUT2D eigenvalue weighted by Crippen LogP contribution is 2.40. The van der Waals surface area contributed by atoms with Crippen LogP contribution in [0.4, 0.5) is 4.39 Å². The summed E-state index contributed by atoms with van der Waals surface area (Å²) in [5, 5.41) is 11.7. The van der Waals surface area contributed by atoms with Gasteiger partial charge in [-0.1, -0.05) is 6.42 Å². The van der Waals surface area contributed by atoms with Crippen LogP contribution in [0.15, 0.2) is 18.2 Å². The van der Waals surface area contributed by atoms with Gasteiger partial charge in [0.2, 0.25) is 0 Å². The van der Waals surface area contributed by atoms with E-state index in [1.807, 2.05) is 0 Å². The molecule has 0 spiro atoms. The van der Waals surface area contributed by atoms with Gasteiger partial charge in [0.15, 0.2) is 11.6 Å². The van der Waals surface area contributed by atoms with Crippen LogP contribution >= 0.6 is 0 Å². The number of aliphatic carboxylic acids is 1. The van der Waals surface area contributed by atoms with Gasteiger partial charge in [0.1, 0.15) is 0 Å². The first-order valence-electron chi connectivity index (χ1n) is 6.34. The average molecular weight is 281 g/mol. The lowest BCUT2D eigenvalue weighted by Gasteiger charge is -2.37. The number of benzene rings is 1. The number of rotatable bonds is 5.